The summed E-state index contributed by atoms with van der Waals surface area (Å²) in [6.07, 6.45) is 1.67. The van der Waals surface area contributed by atoms with Gasteiger partial charge in [-0.3, -0.25) is 14.5 Å². The number of carbonyl (C=O) groups is 2. The molecule has 0 saturated carbocycles. The molecule has 0 spiro atoms. The first kappa shape index (κ1) is 24.4. The molecule has 0 aromatic heterocycles. The first-order valence-corrected chi connectivity index (χ1v) is 11.2. The number of nitrogens with zero attached hydrogens (tertiary/aromatic N) is 1. The zero-order valence-corrected chi connectivity index (χ0v) is 20.3. The number of nitrogens with one attached hydrogen (secondary N) is 1. The van der Waals surface area contributed by atoms with Crippen molar-refractivity contribution < 1.29 is 28.5 Å². The molecule has 1 aliphatic rings. The van der Waals surface area contributed by atoms with Crippen LogP contribution in [0.25, 0.3) is 6.08 Å². The van der Waals surface area contributed by atoms with Gasteiger partial charge in [0.25, 0.3) is 5.91 Å². The fourth-order valence-electron chi connectivity index (χ4n) is 3.12. The summed E-state index contributed by atoms with van der Waals surface area (Å²) in [7, 11) is 4.55. The molecule has 2 aromatic carbocycles. The third kappa shape index (κ3) is 5.77. The second kappa shape index (κ2) is 11.1. The van der Waals surface area contributed by atoms with E-state index < -0.39 is 0 Å². The van der Waals surface area contributed by atoms with Crippen LogP contribution in [0.4, 0.5) is 5.69 Å². The van der Waals surface area contributed by atoms with Crippen LogP contribution in [0.3, 0.4) is 0 Å². The first-order chi connectivity index (χ1) is 15.9. The van der Waals surface area contributed by atoms with Crippen molar-refractivity contribution in [2.45, 2.75) is 6.92 Å². The highest BCUT2D eigenvalue weighted by atomic mass is 32.2. The lowest BCUT2D eigenvalue weighted by molar-refractivity contribution is -0.126. The molecular formula is C23H24N2O6S2. The van der Waals surface area contributed by atoms with Crippen LogP contribution in [0.1, 0.15) is 12.5 Å². The SMILES string of the molecule is CCOc1ccc(NC(=O)CN2C(=O)C(=Cc3cc(OC)c(OC)c(OC)c3)SC2=S)cc1. The maximum Gasteiger partial charge on any atom is 0.266 e. The van der Waals surface area contributed by atoms with Gasteiger partial charge in [-0.15, -0.1) is 0 Å². The summed E-state index contributed by atoms with van der Waals surface area (Å²) in [5, 5.41) is 2.76. The highest BCUT2D eigenvalue weighted by Gasteiger charge is 2.33. The second-order valence-electron chi connectivity index (χ2n) is 6.73. The number of hydrogen-bond donors (Lipinski definition) is 1. The molecule has 33 heavy (non-hydrogen) atoms. The fourth-order valence-corrected chi connectivity index (χ4v) is 4.37. The van der Waals surface area contributed by atoms with E-state index in [0.29, 0.717) is 50.1 Å². The van der Waals surface area contributed by atoms with Crippen molar-refractivity contribution in [3.8, 4) is 23.0 Å². The van der Waals surface area contributed by atoms with Crippen molar-refractivity contribution >= 4 is 51.9 Å². The third-order valence-corrected chi connectivity index (χ3v) is 5.99. The molecule has 174 valence electrons. The molecule has 0 radical (unpaired) electrons. The Hall–Kier alpha value is -3.24. The van der Waals surface area contributed by atoms with Crippen LogP contribution in [0.2, 0.25) is 0 Å². The molecule has 0 aliphatic carbocycles. The van der Waals surface area contributed by atoms with Crippen LogP contribution in [-0.4, -0.2) is 55.5 Å². The van der Waals surface area contributed by atoms with E-state index in [4.69, 9.17) is 31.2 Å². The normalized spacial score (nSPS) is 14.4. The van der Waals surface area contributed by atoms with Crippen LogP contribution in [-0.2, 0) is 9.59 Å². The Labute approximate surface area is 201 Å². The Balaban J connectivity index is 1.72. The van der Waals surface area contributed by atoms with Crippen LogP contribution in [0.15, 0.2) is 41.3 Å². The van der Waals surface area contributed by atoms with Gasteiger partial charge in [-0.1, -0.05) is 24.0 Å². The highest BCUT2D eigenvalue weighted by molar-refractivity contribution is 8.26. The molecule has 10 heteroatoms. The summed E-state index contributed by atoms with van der Waals surface area (Å²) in [5.74, 6) is 1.40. The Bertz CT molecular complexity index is 1060. The van der Waals surface area contributed by atoms with Gasteiger partial charge in [0, 0.05) is 5.69 Å². The smallest absolute Gasteiger partial charge is 0.266 e. The average Bonchev–Trinajstić information content (AvgIpc) is 3.07. The minimum Gasteiger partial charge on any atom is -0.494 e. The van der Waals surface area contributed by atoms with E-state index in [9.17, 15) is 9.59 Å². The predicted molar refractivity (Wildman–Crippen MR) is 132 cm³/mol. The van der Waals surface area contributed by atoms with E-state index in [2.05, 4.69) is 5.32 Å². The summed E-state index contributed by atoms with van der Waals surface area (Å²) in [6.45, 7) is 2.27. The average molecular weight is 489 g/mol. The van der Waals surface area contributed by atoms with Crippen molar-refractivity contribution in [3.63, 3.8) is 0 Å². The quantitative estimate of drug-likeness (QED) is 0.420. The molecule has 0 unspecified atom stereocenters. The van der Waals surface area contributed by atoms with E-state index in [1.165, 1.54) is 26.2 Å². The molecule has 1 fully saturated rings. The number of carbonyl (C=O) groups excluding carboxylic acids is 2. The molecule has 1 aliphatic heterocycles. The number of ether oxygens (including phenoxy) is 4. The number of rotatable bonds is 9. The number of thiocarbonyl (C=S) groups is 1. The van der Waals surface area contributed by atoms with E-state index in [-0.39, 0.29) is 18.4 Å². The first-order valence-electron chi connectivity index (χ1n) is 9.98. The number of anilines is 1. The topological polar surface area (TPSA) is 86.3 Å². The maximum absolute atomic E-state index is 12.9. The van der Waals surface area contributed by atoms with Crippen LogP contribution in [0, 0.1) is 0 Å². The van der Waals surface area contributed by atoms with Gasteiger partial charge in [0.15, 0.2) is 11.5 Å². The minimum atomic E-state index is -0.357. The monoisotopic (exact) mass is 488 g/mol. The Morgan fingerprint density at radius 2 is 1.73 bits per heavy atom. The van der Waals surface area contributed by atoms with Gasteiger partial charge >= 0.3 is 0 Å². The number of methoxy groups -OCH3 is 3. The van der Waals surface area contributed by atoms with E-state index in [1.54, 1.807) is 42.5 Å². The Morgan fingerprint density at radius 3 is 2.27 bits per heavy atom. The standard InChI is InChI=1S/C23H24N2O6S2/c1-5-31-16-8-6-15(7-9-16)24-20(26)13-25-22(27)19(33-23(25)32)12-14-10-17(28-2)21(30-4)18(11-14)29-3/h6-12H,5,13H2,1-4H3,(H,24,26). The molecule has 2 amide bonds. The van der Waals surface area contributed by atoms with Crippen LogP contribution in [0.5, 0.6) is 23.0 Å². The van der Waals surface area contributed by atoms with Gasteiger partial charge in [0.05, 0.1) is 32.8 Å². The summed E-state index contributed by atoms with van der Waals surface area (Å²) >= 11 is 6.47. The molecule has 1 saturated heterocycles. The lowest BCUT2D eigenvalue weighted by Gasteiger charge is -2.14. The molecule has 0 atom stereocenters. The van der Waals surface area contributed by atoms with E-state index in [1.807, 2.05) is 6.92 Å². The van der Waals surface area contributed by atoms with Crippen LogP contribution >= 0.6 is 24.0 Å². The number of benzene rings is 2. The summed E-state index contributed by atoms with van der Waals surface area (Å²) in [6, 6.07) is 10.5. The minimum absolute atomic E-state index is 0.190. The van der Waals surface area contributed by atoms with Crippen molar-refractivity contribution in [1.29, 1.82) is 0 Å². The highest BCUT2D eigenvalue weighted by Crippen LogP contribution is 2.40. The lowest BCUT2D eigenvalue weighted by atomic mass is 10.1. The summed E-state index contributed by atoms with van der Waals surface area (Å²) < 4.78 is 21.7. The number of hydrogen-bond acceptors (Lipinski definition) is 8. The summed E-state index contributed by atoms with van der Waals surface area (Å²) in [5.41, 5.74) is 1.27. The second-order valence-corrected chi connectivity index (χ2v) is 8.41. The van der Waals surface area contributed by atoms with Crippen molar-refractivity contribution in [3.05, 3.63) is 46.9 Å². The predicted octanol–water partition coefficient (Wildman–Crippen LogP) is 3.95. The summed E-state index contributed by atoms with van der Waals surface area (Å²) in [4.78, 5) is 27.1. The molecule has 1 N–H and O–H groups in total. The van der Waals surface area contributed by atoms with Crippen molar-refractivity contribution in [2.24, 2.45) is 0 Å². The fraction of sp³-hybridized carbons (Fsp3) is 0.261. The molecule has 8 nitrogen and oxygen atoms in total. The number of amides is 2. The van der Waals surface area contributed by atoms with Gasteiger partial charge in [-0.05, 0) is 55.0 Å². The van der Waals surface area contributed by atoms with Gasteiger partial charge < -0.3 is 24.3 Å². The number of thioether (sulfide) groups is 1. The Kier molecular flexibility index (Phi) is 8.18. The molecule has 1 heterocycles. The molecule has 3 rings (SSSR count). The third-order valence-electron chi connectivity index (χ3n) is 4.61. The zero-order chi connectivity index (χ0) is 24.0. The largest absolute Gasteiger partial charge is 0.494 e. The van der Waals surface area contributed by atoms with E-state index in [0.717, 1.165) is 11.8 Å². The molecular weight excluding hydrogens is 464 g/mol. The zero-order valence-electron chi connectivity index (χ0n) is 18.7. The van der Waals surface area contributed by atoms with Crippen LogP contribution < -0.4 is 24.3 Å². The Morgan fingerprint density at radius 1 is 1.09 bits per heavy atom. The maximum atomic E-state index is 12.9. The molecule has 0 bridgehead atoms. The molecule has 2 aromatic rings. The van der Waals surface area contributed by atoms with E-state index >= 15 is 0 Å². The van der Waals surface area contributed by atoms with Gasteiger partial charge in [-0.2, -0.15) is 0 Å². The van der Waals surface area contributed by atoms with Crippen molar-refractivity contribution in [1.82, 2.24) is 4.90 Å². The van der Waals surface area contributed by atoms with Gasteiger partial charge in [0.1, 0.15) is 16.6 Å². The van der Waals surface area contributed by atoms with Gasteiger partial charge in [-0.25, -0.2) is 0 Å². The van der Waals surface area contributed by atoms with Gasteiger partial charge in [0.2, 0.25) is 11.7 Å². The van der Waals surface area contributed by atoms with Crippen molar-refractivity contribution in [2.75, 3.05) is 39.8 Å². The lowest BCUT2D eigenvalue weighted by Crippen LogP contribution is -2.36.